The molecule has 0 saturated carbocycles. The van der Waals surface area contributed by atoms with Crippen LogP contribution in [0.25, 0.3) is 0 Å². The highest BCUT2D eigenvalue weighted by Gasteiger charge is 2.22. The molecule has 2 aromatic rings. The number of aromatic nitrogens is 1. The summed E-state index contributed by atoms with van der Waals surface area (Å²) < 4.78 is 18.0. The molecule has 1 amide bonds. The van der Waals surface area contributed by atoms with Crippen LogP contribution in [0.15, 0.2) is 42.6 Å². The number of anilines is 1. The summed E-state index contributed by atoms with van der Waals surface area (Å²) in [6, 6.07) is 10.2. The van der Waals surface area contributed by atoms with E-state index in [1.165, 1.54) is 0 Å². The molecule has 134 valence electrons. The molecule has 5 N–H and O–H groups in total. The second kappa shape index (κ2) is 8.95. The summed E-state index contributed by atoms with van der Waals surface area (Å²) in [7, 11) is 0. The van der Waals surface area contributed by atoms with Crippen molar-refractivity contribution in [3.63, 3.8) is 0 Å². The molecular formula is C17H20FN3O4. The lowest BCUT2D eigenvalue weighted by molar-refractivity contribution is 0.0115. The van der Waals surface area contributed by atoms with Crippen molar-refractivity contribution in [3.05, 3.63) is 59.7 Å². The molecule has 0 aliphatic rings. The van der Waals surface area contributed by atoms with Crippen LogP contribution in [0.3, 0.4) is 0 Å². The van der Waals surface area contributed by atoms with Crippen molar-refractivity contribution in [2.24, 2.45) is 0 Å². The monoisotopic (exact) mass is 349 g/mol. The quantitative estimate of drug-likeness (QED) is 0.602. The Kier molecular flexibility index (Phi) is 6.67. The molecule has 0 aliphatic carbocycles. The second-order valence-corrected chi connectivity index (χ2v) is 5.42. The summed E-state index contributed by atoms with van der Waals surface area (Å²) in [6.45, 7) is 0.209. The number of pyridine rings is 1. The Morgan fingerprint density at radius 1 is 1.32 bits per heavy atom. The number of nitrogens with zero attached hydrogens (tertiary/aromatic N) is 1. The maximum atomic E-state index is 13.0. The fourth-order valence-corrected chi connectivity index (χ4v) is 2.15. The number of rotatable bonds is 7. The molecule has 1 heterocycles. The van der Waals surface area contributed by atoms with Crippen molar-refractivity contribution >= 4 is 11.8 Å². The summed E-state index contributed by atoms with van der Waals surface area (Å²) in [6.07, 6.45) is -2.30. The van der Waals surface area contributed by atoms with E-state index in [-0.39, 0.29) is 31.0 Å². The number of carbonyl (C=O) groups is 1. The smallest absolute Gasteiger partial charge is 0.407 e. The topological polar surface area (TPSA) is 118 Å². The van der Waals surface area contributed by atoms with Gasteiger partial charge in [0.25, 0.3) is 0 Å². The molecule has 7 nitrogen and oxygen atoms in total. The third kappa shape index (κ3) is 5.70. The van der Waals surface area contributed by atoms with Crippen LogP contribution in [0.2, 0.25) is 0 Å². The van der Waals surface area contributed by atoms with Crippen LogP contribution in [0.1, 0.15) is 23.8 Å². The number of ether oxygens (including phenoxy) is 1. The van der Waals surface area contributed by atoms with Gasteiger partial charge in [-0.25, -0.2) is 9.18 Å². The van der Waals surface area contributed by atoms with Gasteiger partial charge in [-0.3, -0.25) is 4.98 Å². The fraction of sp³-hybridized carbons (Fsp3) is 0.294. The lowest BCUT2D eigenvalue weighted by Gasteiger charge is -2.18. The second-order valence-electron chi connectivity index (χ2n) is 5.42. The molecule has 8 heteroatoms. The maximum absolute atomic E-state index is 13.0. The third-order valence-electron chi connectivity index (χ3n) is 3.48. The number of nitrogens with one attached hydrogen (secondary N) is 1. The van der Waals surface area contributed by atoms with E-state index < -0.39 is 24.1 Å². The average Bonchev–Trinajstić information content (AvgIpc) is 2.60. The minimum atomic E-state index is -1.39. The number of hydrogen-bond donors (Lipinski definition) is 4. The molecule has 0 bridgehead atoms. The average molecular weight is 349 g/mol. The van der Waals surface area contributed by atoms with E-state index in [0.29, 0.717) is 0 Å². The third-order valence-corrected chi connectivity index (χ3v) is 3.48. The lowest BCUT2D eigenvalue weighted by atomic mass is 10.1. The first-order chi connectivity index (χ1) is 12.0. The predicted octanol–water partition coefficient (Wildman–Crippen LogP) is 1.51. The van der Waals surface area contributed by atoms with E-state index in [2.05, 4.69) is 10.3 Å². The Labute approximate surface area is 144 Å². The van der Waals surface area contributed by atoms with Crippen LogP contribution in [0.4, 0.5) is 14.9 Å². The molecule has 2 atom stereocenters. The van der Waals surface area contributed by atoms with E-state index in [1.807, 2.05) is 30.3 Å². The van der Waals surface area contributed by atoms with Gasteiger partial charge in [-0.1, -0.05) is 30.3 Å². The molecule has 1 aromatic carbocycles. The van der Waals surface area contributed by atoms with Gasteiger partial charge in [-0.2, -0.15) is 0 Å². The van der Waals surface area contributed by atoms with E-state index in [4.69, 9.17) is 10.5 Å². The Bertz CT molecular complexity index is 700. The van der Waals surface area contributed by atoms with Gasteiger partial charge in [0, 0.05) is 12.6 Å². The van der Waals surface area contributed by atoms with Crippen molar-refractivity contribution < 1.29 is 24.1 Å². The summed E-state index contributed by atoms with van der Waals surface area (Å²) in [4.78, 5) is 15.3. The van der Waals surface area contributed by atoms with Crippen LogP contribution >= 0.6 is 0 Å². The van der Waals surface area contributed by atoms with Crippen LogP contribution in [-0.4, -0.2) is 33.9 Å². The first kappa shape index (κ1) is 18.6. The van der Waals surface area contributed by atoms with Crippen LogP contribution in [0.5, 0.6) is 0 Å². The Balaban J connectivity index is 1.74. The molecule has 25 heavy (non-hydrogen) atoms. The van der Waals surface area contributed by atoms with E-state index in [0.717, 1.165) is 17.8 Å². The van der Waals surface area contributed by atoms with Gasteiger partial charge in [0.2, 0.25) is 0 Å². The van der Waals surface area contributed by atoms with Crippen molar-refractivity contribution in [2.45, 2.75) is 25.2 Å². The Morgan fingerprint density at radius 3 is 2.72 bits per heavy atom. The summed E-state index contributed by atoms with van der Waals surface area (Å²) in [5.41, 5.74) is 6.35. The molecule has 0 aliphatic heterocycles. The molecule has 1 aromatic heterocycles. The summed E-state index contributed by atoms with van der Waals surface area (Å²) in [5, 5.41) is 22.4. The van der Waals surface area contributed by atoms with E-state index in [1.54, 1.807) is 0 Å². The largest absolute Gasteiger partial charge is 0.445 e. The molecule has 0 fully saturated rings. The van der Waals surface area contributed by atoms with Crippen molar-refractivity contribution in [3.8, 4) is 0 Å². The molecule has 0 spiro atoms. The van der Waals surface area contributed by atoms with Crippen molar-refractivity contribution in [2.75, 3.05) is 12.3 Å². The van der Waals surface area contributed by atoms with Crippen LogP contribution in [0, 0.1) is 5.82 Å². The first-order valence-corrected chi connectivity index (χ1v) is 7.69. The molecule has 2 unspecified atom stereocenters. The summed E-state index contributed by atoms with van der Waals surface area (Å²) in [5.74, 6) is -0.634. The number of alkyl carbamates (subject to hydrolysis) is 1. The van der Waals surface area contributed by atoms with Crippen molar-refractivity contribution in [1.29, 1.82) is 0 Å². The lowest BCUT2D eigenvalue weighted by Crippen LogP contribution is -2.30. The molecular weight excluding hydrogens is 329 g/mol. The zero-order chi connectivity index (χ0) is 18.2. The van der Waals surface area contributed by atoms with Gasteiger partial charge in [0.05, 0.1) is 23.7 Å². The first-order valence-electron chi connectivity index (χ1n) is 7.69. The van der Waals surface area contributed by atoms with Gasteiger partial charge in [0.1, 0.15) is 18.5 Å². The van der Waals surface area contributed by atoms with Crippen LogP contribution in [-0.2, 0) is 11.3 Å². The number of amides is 1. The highest BCUT2D eigenvalue weighted by atomic mass is 19.1. The van der Waals surface area contributed by atoms with E-state index >= 15 is 0 Å². The minimum absolute atomic E-state index is 0.0134. The number of aliphatic hydroxyl groups excluding tert-OH is 2. The number of benzene rings is 1. The predicted molar refractivity (Wildman–Crippen MR) is 88.8 cm³/mol. The number of nitrogens with two attached hydrogens (primary N) is 1. The summed E-state index contributed by atoms with van der Waals surface area (Å²) >= 11 is 0. The molecule has 0 radical (unpaired) electrons. The zero-order valence-electron chi connectivity index (χ0n) is 13.4. The van der Waals surface area contributed by atoms with Gasteiger partial charge in [0.15, 0.2) is 0 Å². The zero-order valence-corrected chi connectivity index (χ0v) is 13.4. The van der Waals surface area contributed by atoms with Crippen molar-refractivity contribution in [1.82, 2.24) is 10.3 Å². The normalized spacial score (nSPS) is 13.1. The standard InChI is InChI=1S/C17H20FN3O4/c18-12-8-13(19)15(21-9-12)16(23)14(22)6-7-20-17(24)25-10-11-4-2-1-3-5-11/h1-5,8-9,14,16,22-23H,6-7,10,19H2,(H,20,24). The number of carbonyl (C=O) groups excluding carboxylic acids is 1. The van der Waals surface area contributed by atoms with Gasteiger partial charge in [-0.15, -0.1) is 0 Å². The molecule has 2 rings (SSSR count). The number of nitrogen functional groups attached to an aromatic ring is 1. The number of hydrogen-bond acceptors (Lipinski definition) is 6. The Hall–Kier alpha value is -2.71. The molecule has 0 saturated heterocycles. The van der Waals surface area contributed by atoms with Crippen LogP contribution < -0.4 is 11.1 Å². The highest BCUT2D eigenvalue weighted by molar-refractivity contribution is 5.67. The van der Waals surface area contributed by atoms with Gasteiger partial charge < -0.3 is 26.0 Å². The maximum Gasteiger partial charge on any atom is 0.407 e. The van der Waals surface area contributed by atoms with E-state index in [9.17, 15) is 19.4 Å². The minimum Gasteiger partial charge on any atom is -0.445 e. The number of halogens is 1. The van der Waals surface area contributed by atoms with Gasteiger partial charge in [-0.05, 0) is 12.0 Å². The highest BCUT2D eigenvalue weighted by Crippen LogP contribution is 2.22. The fourth-order valence-electron chi connectivity index (χ4n) is 2.15. The Morgan fingerprint density at radius 2 is 2.04 bits per heavy atom. The van der Waals surface area contributed by atoms with Gasteiger partial charge >= 0.3 is 6.09 Å². The SMILES string of the molecule is Nc1cc(F)cnc1C(O)C(O)CCNC(=O)OCc1ccccc1. The number of aliphatic hydroxyl groups is 2.